The van der Waals surface area contributed by atoms with Crippen molar-refractivity contribution in [1.29, 1.82) is 0 Å². The second-order valence-corrected chi connectivity index (χ2v) is 8.07. The zero-order chi connectivity index (χ0) is 22.8. The number of pyridine rings is 1. The minimum Gasteiger partial charge on any atom is -0.494 e. The lowest BCUT2D eigenvalue weighted by Crippen LogP contribution is -2.06. The van der Waals surface area contributed by atoms with Crippen molar-refractivity contribution in [3.05, 3.63) is 48.3 Å². The van der Waals surface area contributed by atoms with Crippen molar-refractivity contribution >= 4 is 11.3 Å². The molecule has 1 aliphatic carbocycles. The Balaban J connectivity index is 1.74. The van der Waals surface area contributed by atoms with E-state index in [0.717, 1.165) is 24.5 Å². The Morgan fingerprint density at radius 2 is 1.73 bits per heavy atom. The van der Waals surface area contributed by atoms with Gasteiger partial charge in [-0.1, -0.05) is 25.0 Å². The summed E-state index contributed by atoms with van der Waals surface area (Å²) in [7, 11) is 3.27. The third-order valence-electron chi connectivity index (χ3n) is 5.80. The Hall–Kier alpha value is -3.68. The lowest BCUT2D eigenvalue weighted by molar-refractivity contribution is 0.327. The molecule has 1 aromatic carbocycles. The third-order valence-corrected chi connectivity index (χ3v) is 5.80. The monoisotopic (exact) mass is 445 g/mol. The number of ether oxygens (including phenoxy) is 3. The van der Waals surface area contributed by atoms with E-state index in [-0.39, 0.29) is 0 Å². The maximum Gasteiger partial charge on any atom is 0.213 e. The van der Waals surface area contributed by atoms with Gasteiger partial charge < -0.3 is 14.2 Å². The van der Waals surface area contributed by atoms with E-state index in [1.807, 2.05) is 54.1 Å². The van der Waals surface area contributed by atoms with Crippen LogP contribution in [0.3, 0.4) is 0 Å². The molecule has 8 heteroatoms. The summed E-state index contributed by atoms with van der Waals surface area (Å²) in [5.74, 6) is 3.23. The van der Waals surface area contributed by atoms with E-state index in [4.69, 9.17) is 24.2 Å². The number of hydrogen-bond acceptors (Lipinski definition) is 7. The fraction of sp³-hybridized carbons (Fsp3) is 0.360. The molecule has 0 atom stereocenters. The van der Waals surface area contributed by atoms with Crippen LogP contribution in [0.2, 0.25) is 0 Å². The molecule has 0 aliphatic heterocycles. The van der Waals surface area contributed by atoms with Crippen LogP contribution in [-0.2, 0) is 6.42 Å². The molecular weight excluding hydrogens is 418 g/mol. The SMILES string of the molecule is CCOc1cccc(-c2nc3ncc(CCC4CC4)nc3n2-c2c(OC)cccc2OC)n1. The Morgan fingerprint density at radius 1 is 0.970 bits per heavy atom. The molecule has 0 N–H and O–H groups in total. The number of benzene rings is 1. The standard InChI is InChI=1S/C25H27N5O3/c1-4-33-21-10-5-7-18(28-21)24-29-23-25(27-17(15-26-23)14-13-16-11-12-16)30(24)22-19(31-2)8-6-9-20(22)32-3/h5-10,15-16H,4,11-14H2,1-3H3. The minimum absolute atomic E-state index is 0.528. The number of para-hydroxylation sites is 1. The number of imidazole rings is 1. The molecule has 170 valence electrons. The summed E-state index contributed by atoms with van der Waals surface area (Å²) in [4.78, 5) is 19.1. The van der Waals surface area contributed by atoms with Crippen molar-refractivity contribution in [2.24, 2.45) is 5.92 Å². The number of aryl methyl sites for hydroxylation is 1. The van der Waals surface area contributed by atoms with Crippen molar-refractivity contribution in [1.82, 2.24) is 24.5 Å². The van der Waals surface area contributed by atoms with Gasteiger partial charge in [-0.2, -0.15) is 0 Å². The highest BCUT2D eigenvalue weighted by molar-refractivity contribution is 5.79. The number of rotatable bonds is 9. The maximum absolute atomic E-state index is 5.71. The molecule has 8 nitrogen and oxygen atoms in total. The van der Waals surface area contributed by atoms with Crippen LogP contribution in [0.1, 0.15) is 31.9 Å². The molecule has 0 amide bonds. The van der Waals surface area contributed by atoms with Gasteiger partial charge in [-0.15, -0.1) is 0 Å². The van der Waals surface area contributed by atoms with Crippen molar-refractivity contribution in [2.75, 3.05) is 20.8 Å². The number of nitrogens with zero attached hydrogens (tertiary/aromatic N) is 5. The first-order chi connectivity index (χ1) is 16.2. The van der Waals surface area contributed by atoms with Gasteiger partial charge in [-0.3, -0.25) is 4.57 Å². The van der Waals surface area contributed by atoms with Crippen LogP contribution < -0.4 is 14.2 Å². The molecule has 0 unspecified atom stereocenters. The fourth-order valence-corrected chi connectivity index (χ4v) is 3.97. The van der Waals surface area contributed by atoms with Crippen molar-refractivity contribution < 1.29 is 14.2 Å². The quantitative estimate of drug-likeness (QED) is 0.371. The largest absolute Gasteiger partial charge is 0.494 e. The average Bonchev–Trinajstić information content (AvgIpc) is 3.61. The first kappa shape index (κ1) is 21.2. The van der Waals surface area contributed by atoms with Crippen LogP contribution >= 0.6 is 0 Å². The van der Waals surface area contributed by atoms with E-state index in [1.165, 1.54) is 12.8 Å². The summed E-state index contributed by atoms with van der Waals surface area (Å²) in [5, 5.41) is 0. The van der Waals surface area contributed by atoms with E-state index in [1.54, 1.807) is 14.2 Å². The molecule has 33 heavy (non-hydrogen) atoms. The van der Waals surface area contributed by atoms with Crippen LogP contribution in [0.25, 0.3) is 28.5 Å². The van der Waals surface area contributed by atoms with E-state index in [0.29, 0.717) is 52.5 Å². The predicted octanol–water partition coefficient (Wildman–Crippen LogP) is 4.64. The Bertz CT molecular complexity index is 1260. The normalized spacial score (nSPS) is 13.3. The predicted molar refractivity (Wildman–Crippen MR) is 125 cm³/mol. The molecule has 3 aromatic heterocycles. The Labute approximate surface area is 192 Å². The summed E-state index contributed by atoms with van der Waals surface area (Å²) >= 11 is 0. The molecule has 1 fully saturated rings. The van der Waals surface area contributed by atoms with Gasteiger partial charge in [-0.25, -0.2) is 19.9 Å². The highest BCUT2D eigenvalue weighted by atomic mass is 16.5. The second-order valence-electron chi connectivity index (χ2n) is 8.07. The molecule has 3 heterocycles. The Morgan fingerprint density at radius 3 is 2.42 bits per heavy atom. The van der Waals surface area contributed by atoms with Crippen molar-refractivity contribution in [2.45, 2.75) is 32.6 Å². The highest BCUT2D eigenvalue weighted by Crippen LogP contribution is 2.38. The molecular formula is C25H27N5O3. The second kappa shape index (κ2) is 9.05. The van der Waals surface area contributed by atoms with Crippen LogP contribution in [0.5, 0.6) is 17.4 Å². The van der Waals surface area contributed by atoms with Gasteiger partial charge in [0.05, 0.1) is 32.7 Å². The van der Waals surface area contributed by atoms with Gasteiger partial charge in [0.25, 0.3) is 0 Å². The van der Waals surface area contributed by atoms with Crippen LogP contribution in [-0.4, -0.2) is 45.3 Å². The average molecular weight is 446 g/mol. The van der Waals surface area contributed by atoms with Gasteiger partial charge in [-0.05, 0) is 43.9 Å². The van der Waals surface area contributed by atoms with Gasteiger partial charge in [0, 0.05) is 6.07 Å². The van der Waals surface area contributed by atoms with E-state index >= 15 is 0 Å². The van der Waals surface area contributed by atoms with Crippen molar-refractivity contribution in [3.8, 4) is 34.6 Å². The topological polar surface area (TPSA) is 84.2 Å². The van der Waals surface area contributed by atoms with Gasteiger partial charge >= 0.3 is 0 Å². The lowest BCUT2D eigenvalue weighted by Gasteiger charge is -2.16. The number of fused-ring (bicyclic) bond motifs is 1. The van der Waals surface area contributed by atoms with Gasteiger partial charge in [0.1, 0.15) is 22.9 Å². The lowest BCUT2D eigenvalue weighted by atomic mass is 10.2. The zero-order valence-corrected chi connectivity index (χ0v) is 19.1. The van der Waals surface area contributed by atoms with Crippen LogP contribution in [0.15, 0.2) is 42.6 Å². The summed E-state index contributed by atoms with van der Waals surface area (Å²) in [6.45, 7) is 2.46. The zero-order valence-electron chi connectivity index (χ0n) is 19.1. The minimum atomic E-state index is 0.528. The van der Waals surface area contributed by atoms with E-state index < -0.39 is 0 Å². The summed E-state index contributed by atoms with van der Waals surface area (Å²) < 4.78 is 19.0. The Kier molecular flexibility index (Phi) is 5.81. The first-order valence-corrected chi connectivity index (χ1v) is 11.3. The maximum atomic E-state index is 5.71. The summed E-state index contributed by atoms with van der Waals surface area (Å²) in [5.41, 5.74) is 3.49. The van der Waals surface area contributed by atoms with Crippen molar-refractivity contribution in [3.63, 3.8) is 0 Å². The number of methoxy groups -OCH3 is 2. The molecule has 1 saturated carbocycles. The van der Waals surface area contributed by atoms with E-state index in [9.17, 15) is 0 Å². The molecule has 4 aromatic rings. The highest BCUT2D eigenvalue weighted by Gasteiger charge is 2.25. The molecule has 0 spiro atoms. The van der Waals surface area contributed by atoms with E-state index in [2.05, 4.69) is 9.97 Å². The smallest absolute Gasteiger partial charge is 0.213 e. The van der Waals surface area contributed by atoms with Crippen LogP contribution in [0.4, 0.5) is 0 Å². The fourth-order valence-electron chi connectivity index (χ4n) is 3.97. The van der Waals surface area contributed by atoms with Gasteiger partial charge in [0.2, 0.25) is 5.88 Å². The summed E-state index contributed by atoms with van der Waals surface area (Å²) in [6, 6.07) is 11.3. The number of aromatic nitrogens is 5. The van der Waals surface area contributed by atoms with Crippen LogP contribution in [0, 0.1) is 5.92 Å². The molecule has 0 saturated heterocycles. The number of hydrogen-bond donors (Lipinski definition) is 0. The molecule has 0 bridgehead atoms. The molecule has 5 rings (SSSR count). The molecule has 0 radical (unpaired) electrons. The molecule has 1 aliphatic rings. The first-order valence-electron chi connectivity index (χ1n) is 11.3. The summed E-state index contributed by atoms with van der Waals surface area (Å²) in [6.07, 6.45) is 6.50. The van der Waals surface area contributed by atoms with Gasteiger partial charge in [0.15, 0.2) is 17.1 Å². The third kappa shape index (κ3) is 4.20.